The normalized spacial score (nSPS) is 13.0. The van der Waals surface area contributed by atoms with Crippen LogP contribution in [0.5, 0.6) is 0 Å². The molecule has 0 fully saturated rings. The second kappa shape index (κ2) is 5.68. The Hall–Kier alpha value is -0.0900. The number of hydrogen-bond acceptors (Lipinski definition) is 2. The van der Waals surface area contributed by atoms with E-state index in [1.165, 1.54) is 0 Å². The van der Waals surface area contributed by atoms with Crippen LogP contribution in [0.3, 0.4) is 0 Å². The molecule has 0 aliphatic heterocycles. The van der Waals surface area contributed by atoms with Gasteiger partial charge in [-0.25, -0.2) is 0 Å². The van der Waals surface area contributed by atoms with E-state index in [4.69, 9.17) is 10.2 Å². The minimum atomic E-state index is -0.789. The van der Waals surface area contributed by atoms with Gasteiger partial charge in [0.2, 0.25) is 0 Å². The number of carboxylic acid groups (broad SMARTS) is 1. The summed E-state index contributed by atoms with van der Waals surface area (Å²) >= 11 is 3.24. The topological polar surface area (TPSA) is 57.5 Å². The van der Waals surface area contributed by atoms with Gasteiger partial charge in [0, 0.05) is 17.9 Å². The van der Waals surface area contributed by atoms with Gasteiger partial charge in [-0.2, -0.15) is 0 Å². The molecule has 1 unspecified atom stereocenters. The van der Waals surface area contributed by atoms with Gasteiger partial charge in [-0.3, -0.25) is 4.79 Å². The molecule has 4 heteroatoms. The maximum absolute atomic E-state index is 10.0. The molecule has 0 spiro atoms. The van der Waals surface area contributed by atoms with Crippen molar-refractivity contribution in [1.82, 2.24) is 0 Å². The van der Waals surface area contributed by atoms with Crippen LogP contribution in [0.2, 0.25) is 0 Å². The molecule has 3 nitrogen and oxygen atoms in total. The Labute approximate surface area is 68.2 Å². The molecule has 0 amide bonds. The Kier molecular flexibility index (Phi) is 5.63. The van der Waals surface area contributed by atoms with E-state index < -0.39 is 5.97 Å². The van der Waals surface area contributed by atoms with E-state index in [1.54, 1.807) is 0 Å². The summed E-state index contributed by atoms with van der Waals surface area (Å²) in [5.41, 5.74) is 0. The van der Waals surface area contributed by atoms with Gasteiger partial charge >= 0.3 is 5.97 Å². The number of aliphatic hydroxyl groups excluding tert-OH is 1. The highest BCUT2D eigenvalue weighted by Gasteiger charge is 2.05. The van der Waals surface area contributed by atoms with Crippen molar-refractivity contribution < 1.29 is 15.0 Å². The monoisotopic (exact) mass is 210 g/mol. The van der Waals surface area contributed by atoms with E-state index in [0.29, 0.717) is 12.8 Å². The zero-order chi connectivity index (χ0) is 7.98. The van der Waals surface area contributed by atoms with Crippen LogP contribution in [0.25, 0.3) is 0 Å². The van der Waals surface area contributed by atoms with E-state index in [0.717, 1.165) is 0 Å². The molecule has 0 aliphatic rings. The van der Waals surface area contributed by atoms with Crippen LogP contribution in [-0.2, 0) is 4.79 Å². The maximum Gasteiger partial charge on any atom is 0.303 e. The van der Waals surface area contributed by atoms with Crippen molar-refractivity contribution in [2.24, 2.45) is 0 Å². The maximum atomic E-state index is 10.0. The van der Waals surface area contributed by atoms with E-state index in [9.17, 15) is 4.79 Å². The number of alkyl halides is 1. The fourth-order valence-electron chi connectivity index (χ4n) is 0.565. The first-order valence-corrected chi connectivity index (χ1v) is 4.05. The number of carboxylic acids is 1. The summed E-state index contributed by atoms with van der Waals surface area (Å²) in [5, 5.41) is 16.7. The Morgan fingerprint density at radius 1 is 1.50 bits per heavy atom. The van der Waals surface area contributed by atoms with E-state index in [-0.39, 0.29) is 17.9 Å². The summed E-state index contributed by atoms with van der Waals surface area (Å²) in [4.78, 5) is 10.2. The van der Waals surface area contributed by atoms with Gasteiger partial charge in [0.05, 0.1) is 0 Å². The Morgan fingerprint density at radius 3 is 2.50 bits per heavy atom. The number of aliphatic carboxylic acids is 1. The van der Waals surface area contributed by atoms with Gasteiger partial charge in [-0.1, -0.05) is 15.9 Å². The van der Waals surface area contributed by atoms with Crippen molar-refractivity contribution in [3.05, 3.63) is 0 Å². The second-order valence-electron chi connectivity index (χ2n) is 2.04. The van der Waals surface area contributed by atoms with Crippen LogP contribution in [-0.4, -0.2) is 27.6 Å². The average molecular weight is 211 g/mol. The fraction of sp³-hybridized carbons (Fsp3) is 0.833. The summed E-state index contributed by atoms with van der Waals surface area (Å²) < 4.78 is 0. The number of hydrogen-bond donors (Lipinski definition) is 2. The van der Waals surface area contributed by atoms with E-state index in [1.807, 2.05) is 0 Å². The molecular weight excluding hydrogens is 200 g/mol. The number of rotatable bonds is 5. The number of carbonyl (C=O) groups is 1. The van der Waals surface area contributed by atoms with Crippen LogP contribution in [0, 0.1) is 0 Å². The lowest BCUT2D eigenvalue weighted by molar-refractivity contribution is -0.137. The molecule has 0 aromatic heterocycles. The second-order valence-corrected chi connectivity index (χ2v) is 3.34. The van der Waals surface area contributed by atoms with Gasteiger partial charge < -0.3 is 10.2 Å². The zero-order valence-corrected chi connectivity index (χ0v) is 7.17. The van der Waals surface area contributed by atoms with Crippen molar-refractivity contribution in [2.75, 3.05) is 6.61 Å². The Morgan fingerprint density at radius 2 is 2.10 bits per heavy atom. The molecule has 0 saturated carbocycles. The molecule has 60 valence electrons. The lowest BCUT2D eigenvalue weighted by Gasteiger charge is -2.03. The van der Waals surface area contributed by atoms with E-state index >= 15 is 0 Å². The molecule has 0 aromatic carbocycles. The minimum Gasteiger partial charge on any atom is -0.481 e. The van der Waals surface area contributed by atoms with Crippen LogP contribution >= 0.6 is 15.9 Å². The Bertz CT molecular complexity index is 105. The highest BCUT2D eigenvalue weighted by molar-refractivity contribution is 9.09. The third kappa shape index (κ3) is 6.04. The van der Waals surface area contributed by atoms with Crippen molar-refractivity contribution >= 4 is 21.9 Å². The molecule has 0 aromatic rings. The smallest absolute Gasteiger partial charge is 0.303 e. The highest BCUT2D eigenvalue weighted by Crippen LogP contribution is 2.11. The summed E-state index contributed by atoms with van der Waals surface area (Å²) in [7, 11) is 0. The van der Waals surface area contributed by atoms with Crippen LogP contribution in [0.15, 0.2) is 0 Å². The SMILES string of the molecule is O=C(O)CCC(Br)CCO. The largest absolute Gasteiger partial charge is 0.481 e. The first kappa shape index (κ1) is 9.91. The third-order valence-electron chi connectivity index (χ3n) is 1.11. The molecule has 0 saturated heterocycles. The molecular formula is C6H11BrO3. The number of aliphatic hydroxyl groups is 1. The molecule has 10 heavy (non-hydrogen) atoms. The zero-order valence-electron chi connectivity index (χ0n) is 5.59. The molecule has 1 atom stereocenters. The van der Waals surface area contributed by atoms with Gasteiger partial charge in [0.1, 0.15) is 0 Å². The highest BCUT2D eigenvalue weighted by atomic mass is 79.9. The first-order chi connectivity index (χ1) is 4.66. The van der Waals surface area contributed by atoms with Crippen molar-refractivity contribution in [1.29, 1.82) is 0 Å². The number of halogens is 1. The summed E-state index contributed by atoms with van der Waals surface area (Å²) in [6.07, 6.45) is 1.36. The minimum absolute atomic E-state index is 0.107. The average Bonchev–Trinajstić information content (AvgIpc) is 1.85. The Balaban J connectivity index is 3.21. The fourth-order valence-corrected chi connectivity index (χ4v) is 0.998. The van der Waals surface area contributed by atoms with Crippen LogP contribution in [0.1, 0.15) is 19.3 Å². The molecule has 0 heterocycles. The predicted octanol–water partition coefficient (Wildman–Crippen LogP) is 0.997. The molecule has 0 bridgehead atoms. The van der Waals surface area contributed by atoms with Gasteiger partial charge in [-0.15, -0.1) is 0 Å². The summed E-state index contributed by atoms with van der Waals surface area (Å²) in [6, 6.07) is 0. The van der Waals surface area contributed by atoms with Crippen molar-refractivity contribution in [3.8, 4) is 0 Å². The van der Waals surface area contributed by atoms with Crippen LogP contribution < -0.4 is 0 Å². The predicted molar refractivity (Wildman–Crippen MR) is 41.3 cm³/mol. The lowest BCUT2D eigenvalue weighted by atomic mass is 10.2. The third-order valence-corrected chi connectivity index (χ3v) is 2.03. The summed E-state index contributed by atoms with van der Waals surface area (Å²) in [5.74, 6) is -0.789. The van der Waals surface area contributed by atoms with Crippen molar-refractivity contribution in [2.45, 2.75) is 24.1 Å². The standard InChI is InChI=1S/C6H11BrO3/c7-5(3-4-8)1-2-6(9)10/h5,8H,1-4H2,(H,9,10). The first-order valence-electron chi connectivity index (χ1n) is 3.13. The molecule has 0 aliphatic carbocycles. The van der Waals surface area contributed by atoms with Gasteiger partial charge in [-0.05, 0) is 12.8 Å². The molecule has 2 N–H and O–H groups in total. The van der Waals surface area contributed by atoms with Crippen molar-refractivity contribution in [3.63, 3.8) is 0 Å². The van der Waals surface area contributed by atoms with E-state index in [2.05, 4.69) is 15.9 Å². The lowest BCUT2D eigenvalue weighted by Crippen LogP contribution is -2.04. The molecule has 0 rings (SSSR count). The van der Waals surface area contributed by atoms with Gasteiger partial charge in [0.15, 0.2) is 0 Å². The molecule has 0 radical (unpaired) electrons. The quantitative estimate of drug-likeness (QED) is 0.667. The van der Waals surface area contributed by atoms with Gasteiger partial charge in [0.25, 0.3) is 0 Å². The van der Waals surface area contributed by atoms with Crippen LogP contribution in [0.4, 0.5) is 0 Å². The summed E-state index contributed by atoms with van der Waals surface area (Å²) in [6.45, 7) is 0.107.